The van der Waals surface area contributed by atoms with E-state index in [2.05, 4.69) is 203 Å². The maximum absolute atomic E-state index is 2.42. The van der Waals surface area contributed by atoms with Gasteiger partial charge in [-0.3, -0.25) is 0 Å². The molecule has 0 saturated carbocycles. The van der Waals surface area contributed by atoms with E-state index < -0.39 is 0 Å². The van der Waals surface area contributed by atoms with Crippen LogP contribution < -0.4 is 0 Å². The maximum Gasteiger partial charge on any atom is 0.0541 e. The number of fused-ring (bicyclic) bond motifs is 9. The molecule has 0 spiro atoms. The summed E-state index contributed by atoms with van der Waals surface area (Å²) in [6.07, 6.45) is 0. The van der Waals surface area contributed by atoms with Gasteiger partial charge in [0.25, 0.3) is 0 Å². The van der Waals surface area contributed by atoms with Crippen molar-refractivity contribution >= 4 is 65.2 Å². The van der Waals surface area contributed by atoms with Gasteiger partial charge in [0.2, 0.25) is 0 Å². The molecule has 11 aromatic rings. The SMILES string of the molecule is c1ccc(-c2ccc(-n3c4ccccc4c4cc(-c5ccc6c(c5)c5ccccc5n6-c5ccc6c(ccc7ccccc76)c5)ccc43)cc2)cc1. The summed E-state index contributed by atoms with van der Waals surface area (Å²) in [6, 6.07) is 71.0. The van der Waals surface area contributed by atoms with Gasteiger partial charge in [0.05, 0.1) is 22.1 Å². The molecular weight excluding hydrogens is 629 g/mol. The molecule has 0 radical (unpaired) electrons. The van der Waals surface area contributed by atoms with Crippen LogP contribution in [0.5, 0.6) is 0 Å². The van der Waals surface area contributed by atoms with Gasteiger partial charge in [-0.05, 0) is 104 Å². The van der Waals surface area contributed by atoms with Gasteiger partial charge in [-0.15, -0.1) is 0 Å². The molecular formula is C50H32N2. The van der Waals surface area contributed by atoms with Crippen molar-refractivity contribution in [1.29, 1.82) is 0 Å². The monoisotopic (exact) mass is 660 g/mol. The number of benzene rings is 9. The Morgan fingerprint density at radius 1 is 0.231 bits per heavy atom. The Morgan fingerprint density at radius 3 is 1.37 bits per heavy atom. The molecule has 2 heterocycles. The Balaban J connectivity index is 1.05. The minimum Gasteiger partial charge on any atom is -0.309 e. The van der Waals surface area contributed by atoms with Crippen LogP contribution in [-0.2, 0) is 0 Å². The first-order chi connectivity index (χ1) is 25.8. The molecule has 0 atom stereocenters. The Hall–Kier alpha value is -6.90. The van der Waals surface area contributed by atoms with E-state index in [4.69, 9.17) is 0 Å². The number of aromatic nitrogens is 2. The van der Waals surface area contributed by atoms with Crippen molar-refractivity contribution in [1.82, 2.24) is 9.13 Å². The van der Waals surface area contributed by atoms with Gasteiger partial charge in [-0.1, -0.05) is 133 Å². The summed E-state index contributed by atoms with van der Waals surface area (Å²) in [7, 11) is 0. The Morgan fingerprint density at radius 2 is 0.692 bits per heavy atom. The topological polar surface area (TPSA) is 9.86 Å². The van der Waals surface area contributed by atoms with Crippen LogP contribution in [0.15, 0.2) is 194 Å². The van der Waals surface area contributed by atoms with Gasteiger partial charge in [0, 0.05) is 32.9 Å². The van der Waals surface area contributed by atoms with Gasteiger partial charge in [-0.25, -0.2) is 0 Å². The summed E-state index contributed by atoms with van der Waals surface area (Å²) in [5.74, 6) is 0. The van der Waals surface area contributed by atoms with E-state index in [9.17, 15) is 0 Å². The second kappa shape index (κ2) is 11.3. The largest absolute Gasteiger partial charge is 0.309 e. The van der Waals surface area contributed by atoms with Crippen LogP contribution in [0.1, 0.15) is 0 Å². The average molecular weight is 661 g/mol. The average Bonchev–Trinajstić information content (AvgIpc) is 3.73. The Bertz CT molecular complexity index is 3160. The zero-order chi connectivity index (χ0) is 34.2. The quantitative estimate of drug-likeness (QED) is 0.166. The molecule has 2 nitrogen and oxygen atoms in total. The molecule has 0 N–H and O–H groups in total. The molecule has 9 aromatic carbocycles. The summed E-state index contributed by atoms with van der Waals surface area (Å²) in [6.45, 7) is 0. The Labute approximate surface area is 301 Å². The highest BCUT2D eigenvalue weighted by Crippen LogP contribution is 2.39. The minimum atomic E-state index is 1.16. The second-order valence-corrected chi connectivity index (χ2v) is 13.8. The van der Waals surface area contributed by atoms with Gasteiger partial charge < -0.3 is 9.13 Å². The lowest BCUT2D eigenvalue weighted by atomic mass is 10.0. The number of hydrogen-bond acceptors (Lipinski definition) is 0. The molecule has 0 saturated heterocycles. The van der Waals surface area contributed by atoms with Crippen molar-refractivity contribution < 1.29 is 0 Å². The highest BCUT2D eigenvalue weighted by atomic mass is 15.0. The van der Waals surface area contributed by atoms with Crippen LogP contribution in [0, 0.1) is 0 Å². The molecule has 52 heavy (non-hydrogen) atoms. The molecule has 242 valence electrons. The van der Waals surface area contributed by atoms with Crippen LogP contribution >= 0.6 is 0 Å². The molecule has 11 rings (SSSR count). The van der Waals surface area contributed by atoms with Crippen LogP contribution in [0.4, 0.5) is 0 Å². The van der Waals surface area contributed by atoms with E-state index in [1.54, 1.807) is 0 Å². The normalized spacial score (nSPS) is 11.8. The van der Waals surface area contributed by atoms with Crippen LogP contribution in [0.3, 0.4) is 0 Å². The van der Waals surface area contributed by atoms with Crippen LogP contribution in [-0.4, -0.2) is 9.13 Å². The summed E-state index contributed by atoms with van der Waals surface area (Å²) >= 11 is 0. The maximum atomic E-state index is 2.42. The first-order valence-electron chi connectivity index (χ1n) is 17.9. The third-order valence-corrected chi connectivity index (χ3v) is 10.9. The standard InChI is InChI=1S/C50H32N2/c1-2-10-33(11-3-1)34-20-24-39(25-21-34)51-47-16-8-6-14-43(47)45-31-36(22-28-49(45)51)37-23-29-50-46(32-37)44-15-7-9-17-48(44)52(50)40-26-27-42-38(30-40)19-18-35-12-4-5-13-41(35)42/h1-32H. The van der Waals surface area contributed by atoms with Gasteiger partial charge in [-0.2, -0.15) is 0 Å². The first-order valence-corrected chi connectivity index (χ1v) is 17.9. The van der Waals surface area contributed by atoms with E-state index in [-0.39, 0.29) is 0 Å². The summed E-state index contributed by atoms with van der Waals surface area (Å²) < 4.78 is 4.81. The van der Waals surface area contributed by atoms with E-state index >= 15 is 0 Å². The zero-order valence-corrected chi connectivity index (χ0v) is 28.4. The lowest BCUT2D eigenvalue weighted by Gasteiger charge is -2.11. The molecule has 2 heteroatoms. The van der Waals surface area contributed by atoms with Crippen LogP contribution in [0.2, 0.25) is 0 Å². The van der Waals surface area contributed by atoms with E-state index in [0.717, 1.165) is 5.69 Å². The fourth-order valence-corrected chi connectivity index (χ4v) is 8.43. The molecule has 0 amide bonds. The van der Waals surface area contributed by atoms with Crippen molar-refractivity contribution in [3.05, 3.63) is 194 Å². The van der Waals surface area contributed by atoms with Crippen molar-refractivity contribution in [3.8, 4) is 33.6 Å². The number of rotatable bonds is 4. The van der Waals surface area contributed by atoms with Gasteiger partial charge >= 0.3 is 0 Å². The zero-order valence-electron chi connectivity index (χ0n) is 28.4. The molecule has 0 aliphatic carbocycles. The van der Waals surface area contributed by atoms with Crippen LogP contribution in [0.25, 0.3) is 98.8 Å². The molecule has 0 aliphatic heterocycles. The van der Waals surface area contributed by atoms with E-state index in [1.165, 1.54) is 93.1 Å². The van der Waals surface area contributed by atoms with E-state index in [1.807, 2.05) is 0 Å². The number of hydrogen-bond donors (Lipinski definition) is 0. The summed E-state index contributed by atoms with van der Waals surface area (Å²) in [5.41, 5.74) is 12.1. The third-order valence-electron chi connectivity index (χ3n) is 10.9. The predicted molar refractivity (Wildman–Crippen MR) is 221 cm³/mol. The summed E-state index contributed by atoms with van der Waals surface area (Å²) in [5, 5.41) is 10.1. The first kappa shape index (κ1) is 28.9. The second-order valence-electron chi connectivity index (χ2n) is 13.8. The van der Waals surface area contributed by atoms with Crippen molar-refractivity contribution in [2.75, 3.05) is 0 Å². The fraction of sp³-hybridized carbons (Fsp3) is 0. The third kappa shape index (κ3) is 4.38. The Kier molecular flexibility index (Phi) is 6.28. The van der Waals surface area contributed by atoms with Crippen molar-refractivity contribution in [2.24, 2.45) is 0 Å². The lowest BCUT2D eigenvalue weighted by Crippen LogP contribution is -1.94. The predicted octanol–water partition coefficient (Wildman–Crippen LogP) is 13.5. The van der Waals surface area contributed by atoms with Crippen molar-refractivity contribution in [3.63, 3.8) is 0 Å². The number of para-hydroxylation sites is 2. The van der Waals surface area contributed by atoms with Gasteiger partial charge in [0.1, 0.15) is 0 Å². The van der Waals surface area contributed by atoms with E-state index in [0.29, 0.717) is 0 Å². The number of nitrogens with zero attached hydrogens (tertiary/aromatic N) is 2. The van der Waals surface area contributed by atoms with Crippen molar-refractivity contribution in [2.45, 2.75) is 0 Å². The van der Waals surface area contributed by atoms with Gasteiger partial charge in [0.15, 0.2) is 0 Å². The smallest absolute Gasteiger partial charge is 0.0541 e. The summed E-state index contributed by atoms with van der Waals surface area (Å²) in [4.78, 5) is 0. The lowest BCUT2D eigenvalue weighted by molar-refractivity contribution is 1.18. The fourth-order valence-electron chi connectivity index (χ4n) is 8.43. The molecule has 0 bridgehead atoms. The highest BCUT2D eigenvalue weighted by molar-refractivity contribution is 6.13. The minimum absolute atomic E-state index is 1.16. The molecule has 2 aromatic heterocycles. The molecule has 0 aliphatic rings. The molecule has 0 unspecified atom stereocenters. The highest BCUT2D eigenvalue weighted by Gasteiger charge is 2.16. The molecule has 0 fully saturated rings.